The van der Waals surface area contributed by atoms with Crippen LogP contribution >= 0.6 is 0 Å². The lowest BCUT2D eigenvalue weighted by Gasteiger charge is -2.26. The van der Waals surface area contributed by atoms with Crippen LogP contribution in [0, 0.1) is 5.41 Å². The number of rotatable bonds is 30. The number of aliphatic carboxylic acids is 1. The van der Waals surface area contributed by atoms with Gasteiger partial charge in [-0.2, -0.15) is 0 Å². The number of unbranched alkanes of at least 4 members (excludes halogenated alkanes) is 7. The Hall–Kier alpha value is -1.07. The number of carboxylic acid groups (broad SMARTS) is 1. The molecule has 0 bridgehead atoms. The summed E-state index contributed by atoms with van der Waals surface area (Å²) in [5.74, 6) is -0.960. The molecule has 1 atom stereocenters. The van der Waals surface area contributed by atoms with Crippen LogP contribution in [0.5, 0.6) is 0 Å². The molecular weight excluding hydrogens is 492 g/mol. The number of hydrogen-bond donors (Lipinski definition) is 1. The van der Waals surface area contributed by atoms with Gasteiger partial charge in [-0.05, 0) is 24.7 Å². The van der Waals surface area contributed by atoms with E-state index < -0.39 is 17.5 Å². The van der Waals surface area contributed by atoms with Crippen molar-refractivity contribution in [1.82, 2.24) is 0 Å². The molecular formula is C29H56O9. The van der Waals surface area contributed by atoms with Gasteiger partial charge in [0.25, 0.3) is 0 Å². The van der Waals surface area contributed by atoms with E-state index in [0.717, 1.165) is 19.4 Å². The molecule has 0 amide bonds. The third kappa shape index (κ3) is 26.5. The minimum absolute atomic E-state index is 0.230. The number of allylic oxidation sites excluding steroid dienone is 1. The first-order valence-electron chi connectivity index (χ1n) is 14.3. The van der Waals surface area contributed by atoms with Crippen LogP contribution in [-0.4, -0.2) is 103 Å². The van der Waals surface area contributed by atoms with Crippen molar-refractivity contribution in [2.45, 2.75) is 78.2 Å². The van der Waals surface area contributed by atoms with E-state index in [9.17, 15) is 9.90 Å². The van der Waals surface area contributed by atoms with Crippen molar-refractivity contribution in [3.8, 4) is 0 Å². The Labute approximate surface area is 231 Å². The van der Waals surface area contributed by atoms with E-state index in [0.29, 0.717) is 72.7 Å². The molecule has 9 nitrogen and oxygen atoms in total. The summed E-state index contributed by atoms with van der Waals surface area (Å²) in [6.45, 7) is 15.8. The van der Waals surface area contributed by atoms with Crippen molar-refractivity contribution in [2.24, 2.45) is 5.41 Å². The van der Waals surface area contributed by atoms with Gasteiger partial charge in [0.2, 0.25) is 0 Å². The van der Waals surface area contributed by atoms with Crippen LogP contribution in [0.4, 0.5) is 0 Å². The highest BCUT2D eigenvalue weighted by Crippen LogP contribution is 2.22. The fourth-order valence-electron chi connectivity index (χ4n) is 3.49. The lowest BCUT2D eigenvalue weighted by atomic mass is 9.89. The van der Waals surface area contributed by atoms with E-state index in [4.69, 9.17) is 33.2 Å². The van der Waals surface area contributed by atoms with Gasteiger partial charge in [-0.15, -0.1) is 6.58 Å². The van der Waals surface area contributed by atoms with Crippen molar-refractivity contribution in [1.29, 1.82) is 0 Å². The summed E-state index contributed by atoms with van der Waals surface area (Å²) < 4.78 is 38.3. The fourth-order valence-corrected chi connectivity index (χ4v) is 3.49. The molecule has 0 aliphatic heterocycles. The van der Waals surface area contributed by atoms with Crippen LogP contribution in [0.15, 0.2) is 12.7 Å². The van der Waals surface area contributed by atoms with Crippen molar-refractivity contribution in [2.75, 3.05) is 85.9 Å². The lowest BCUT2D eigenvalue weighted by molar-refractivity contribution is -0.159. The minimum Gasteiger partial charge on any atom is -0.479 e. The van der Waals surface area contributed by atoms with Gasteiger partial charge in [0, 0.05) is 6.61 Å². The Morgan fingerprint density at radius 2 is 0.947 bits per heavy atom. The third-order valence-electron chi connectivity index (χ3n) is 5.58. The zero-order valence-corrected chi connectivity index (χ0v) is 24.4. The second-order valence-electron chi connectivity index (χ2n) is 10.2. The number of ether oxygens (including phenoxy) is 7. The summed E-state index contributed by atoms with van der Waals surface area (Å²) in [6.07, 6.45) is 11.2. The highest BCUT2D eigenvalue weighted by molar-refractivity contribution is 5.73. The molecule has 0 aliphatic rings. The predicted octanol–water partition coefficient (Wildman–Crippen LogP) is 4.91. The van der Waals surface area contributed by atoms with Crippen LogP contribution in [0.3, 0.4) is 0 Å². The molecule has 0 saturated carbocycles. The predicted molar refractivity (Wildman–Crippen MR) is 149 cm³/mol. The van der Waals surface area contributed by atoms with Crippen molar-refractivity contribution >= 4 is 5.97 Å². The van der Waals surface area contributed by atoms with E-state index in [-0.39, 0.29) is 6.61 Å². The van der Waals surface area contributed by atoms with Crippen molar-refractivity contribution in [3.63, 3.8) is 0 Å². The van der Waals surface area contributed by atoms with Crippen LogP contribution in [0.1, 0.15) is 72.1 Å². The monoisotopic (exact) mass is 548 g/mol. The van der Waals surface area contributed by atoms with Gasteiger partial charge in [0.05, 0.1) is 79.3 Å². The molecule has 0 aliphatic carbocycles. The first kappa shape index (κ1) is 36.9. The van der Waals surface area contributed by atoms with Crippen molar-refractivity contribution in [3.05, 3.63) is 12.7 Å². The maximum absolute atomic E-state index is 11.2. The normalized spacial score (nSPS) is 12.6. The van der Waals surface area contributed by atoms with Gasteiger partial charge < -0.3 is 38.3 Å². The first-order valence-corrected chi connectivity index (χ1v) is 14.3. The second-order valence-corrected chi connectivity index (χ2v) is 10.2. The zero-order chi connectivity index (χ0) is 28.2. The summed E-state index contributed by atoms with van der Waals surface area (Å²) in [7, 11) is 0. The second kappa shape index (κ2) is 27.5. The molecule has 0 aromatic carbocycles. The third-order valence-corrected chi connectivity index (χ3v) is 5.58. The smallest absolute Gasteiger partial charge is 0.333 e. The number of hydrogen-bond acceptors (Lipinski definition) is 8. The van der Waals surface area contributed by atoms with Crippen LogP contribution in [0.25, 0.3) is 0 Å². The Morgan fingerprint density at radius 1 is 0.605 bits per heavy atom. The number of carboxylic acids is 1. The molecule has 0 aromatic rings. The van der Waals surface area contributed by atoms with Gasteiger partial charge in [-0.1, -0.05) is 59.0 Å². The summed E-state index contributed by atoms with van der Waals surface area (Å²) >= 11 is 0. The molecule has 1 unspecified atom stereocenters. The SMILES string of the molecule is C=CCCCCCCCCCOCCOCCOCCOCCOCCOCCOC(C(=O)O)C(C)(C)C. The Morgan fingerprint density at radius 3 is 1.32 bits per heavy atom. The van der Waals surface area contributed by atoms with Crippen LogP contribution in [-0.2, 0) is 38.0 Å². The van der Waals surface area contributed by atoms with E-state index in [1.165, 1.54) is 38.5 Å². The Balaban J connectivity index is 3.18. The van der Waals surface area contributed by atoms with Gasteiger partial charge in [-0.3, -0.25) is 0 Å². The largest absolute Gasteiger partial charge is 0.479 e. The van der Waals surface area contributed by atoms with Gasteiger partial charge in [-0.25, -0.2) is 4.79 Å². The average Bonchev–Trinajstić information content (AvgIpc) is 2.86. The molecule has 0 saturated heterocycles. The van der Waals surface area contributed by atoms with Gasteiger partial charge in [0.1, 0.15) is 0 Å². The summed E-state index contributed by atoms with van der Waals surface area (Å²) in [6, 6.07) is 0. The van der Waals surface area contributed by atoms with E-state index in [1.807, 2.05) is 26.8 Å². The molecule has 0 heterocycles. The number of carbonyl (C=O) groups is 1. The fraction of sp³-hybridized carbons (Fsp3) is 0.897. The lowest BCUT2D eigenvalue weighted by Crippen LogP contribution is -2.37. The quantitative estimate of drug-likeness (QED) is 0.0991. The van der Waals surface area contributed by atoms with Gasteiger partial charge >= 0.3 is 5.97 Å². The van der Waals surface area contributed by atoms with Gasteiger partial charge in [0.15, 0.2) is 6.10 Å². The first-order chi connectivity index (χ1) is 18.4. The molecule has 1 N–H and O–H groups in total. The summed E-state index contributed by atoms with van der Waals surface area (Å²) in [5.41, 5.74) is -0.465. The van der Waals surface area contributed by atoms with E-state index >= 15 is 0 Å². The van der Waals surface area contributed by atoms with E-state index in [2.05, 4.69) is 6.58 Å². The Bertz CT molecular complexity index is 523. The molecule has 9 heteroatoms. The standard InChI is InChI=1S/C29H56O9/c1-5-6-7-8-9-10-11-12-13-14-32-15-16-33-17-18-34-19-20-35-21-22-36-23-24-37-25-26-38-27(28(30)31)29(2,3)4/h5,27H,1,6-26H2,2-4H3,(H,30,31). The minimum atomic E-state index is -0.960. The topological polar surface area (TPSA) is 102 Å². The molecule has 38 heavy (non-hydrogen) atoms. The molecule has 226 valence electrons. The maximum atomic E-state index is 11.2. The molecule has 0 fully saturated rings. The summed E-state index contributed by atoms with van der Waals surface area (Å²) in [4.78, 5) is 11.2. The van der Waals surface area contributed by atoms with E-state index in [1.54, 1.807) is 0 Å². The van der Waals surface area contributed by atoms with Crippen LogP contribution < -0.4 is 0 Å². The summed E-state index contributed by atoms with van der Waals surface area (Å²) in [5, 5.41) is 9.19. The zero-order valence-electron chi connectivity index (χ0n) is 24.4. The molecule has 0 radical (unpaired) electrons. The molecule has 0 aromatic heterocycles. The Kier molecular flexibility index (Phi) is 26.7. The highest BCUT2D eigenvalue weighted by Gasteiger charge is 2.31. The molecule has 0 rings (SSSR count). The molecule has 0 spiro atoms. The van der Waals surface area contributed by atoms with Crippen LogP contribution in [0.2, 0.25) is 0 Å². The average molecular weight is 549 g/mol. The highest BCUT2D eigenvalue weighted by atomic mass is 16.6. The maximum Gasteiger partial charge on any atom is 0.333 e. The van der Waals surface area contributed by atoms with Crippen molar-refractivity contribution < 1.29 is 43.1 Å².